The maximum absolute atomic E-state index is 12.9. The second-order valence-electron chi connectivity index (χ2n) is 7.96. The van der Waals surface area contributed by atoms with Crippen LogP contribution in [0.2, 0.25) is 0 Å². The van der Waals surface area contributed by atoms with Gasteiger partial charge in [0.15, 0.2) is 5.76 Å². The molecule has 0 fully saturated rings. The number of sulfonamides is 1. The standard InChI is InChI=1S/C27H22N2O6S/c1-33-19-10-14-25(34-2)23(15-19)29-36(31,32)20-11-8-18(9-12-20)28-27(30)26-16-22-21-6-4-3-5-17(21)7-13-24(22)35-26/h3-16,29H,1-2H3,(H,28,30). The van der Waals surface area contributed by atoms with Gasteiger partial charge in [-0.1, -0.05) is 30.3 Å². The van der Waals surface area contributed by atoms with E-state index in [1.165, 1.54) is 44.6 Å². The molecule has 9 heteroatoms. The average Bonchev–Trinajstić information content (AvgIpc) is 3.34. The van der Waals surface area contributed by atoms with Crippen LogP contribution in [-0.4, -0.2) is 28.5 Å². The van der Waals surface area contributed by atoms with Gasteiger partial charge in [-0.15, -0.1) is 0 Å². The van der Waals surface area contributed by atoms with Gasteiger partial charge in [0.05, 0.1) is 24.8 Å². The van der Waals surface area contributed by atoms with E-state index < -0.39 is 15.9 Å². The van der Waals surface area contributed by atoms with Crippen molar-refractivity contribution in [1.29, 1.82) is 0 Å². The number of nitrogens with one attached hydrogen (secondary N) is 2. The number of anilines is 2. The van der Waals surface area contributed by atoms with Crippen LogP contribution in [0.3, 0.4) is 0 Å². The van der Waals surface area contributed by atoms with E-state index in [0.29, 0.717) is 22.8 Å². The average molecular weight is 503 g/mol. The van der Waals surface area contributed by atoms with Crippen molar-refractivity contribution < 1.29 is 27.1 Å². The molecule has 1 amide bonds. The predicted molar refractivity (Wildman–Crippen MR) is 138 cm³/mol. The van der Waals surface area contributed by atoms with Gasteiger partial charge < -0.3 is 19.2 Å². The largest absolute Gasteiger partial charge is 0.497 e. The minimum Gasteiger partial charge on any atom is -0.497 e. The van der Waals surface area contributed by atoms with Crippen molar-refractivity contribution in [3.05, 3.63) is 90.7 Å². The highest BCUT2D eigenvalue weighted by atomic mass is 32.2. The topological polar surface area (TPSA) is 107 Å². The fourth-order valence-corrected chi connectivity index (χ4v) is 4.97. The summed E-state index contributed by atoms with van der Waals surface area (Å²) in [5, 5.41) is 5.63. The van der Waals surface area contributed by atoms with Crippen LogP contribution in [0, 0.1) is 0 Å². The summed E-state index contributed by atoms with van der Waals surface area (Å²) in [5.41, 5.74) is 1.27. The number of hydrogen-bond donors (Lipinski definition) is 2. The lowest BCUT2D eigenvalue weighted by Crippen LogP contribution is -2.14. The fourth-order valence-electron chi connectivity index (χ4n) is 3.91. The summed E-state index contributed by atoms with van der Waals surface area (Å²) in [7, 11) is -0.990. The zero-order chi connectivity index (χ0) is 25.3. The van der Waals surface area contributed by atoms with Crippen LogP contribution in [0.1, 0.15) is 10.6 Å². The molecule has 0 bridgehead atoms. The molecule has 182 valence electrons. The number of fused-ring (bicyclic) bond motifs is 3. The summed E-state index contributed by atoms with van der Waals surface area (Å²) in [6.45, 7) is 0. The number of carbonyl (C=O) groups is 1. The Bertz CT molecular complexity index is 1690. The molecule has 5 aromatic rings. The number of benzene rings is 4. The lowest BCUT2D eigenvalue weighted by Gasteiger charge is -2.13. The van der Waals surface area contributed by atoms with Gasteiger partial charge in [-0.05, 0) is 59.3 Å². The van der Waals surface area contributed by atoms with Gasteiger partial charge in [0.1, 0.15) is 17.1 Å². The number of rotatable bonds is 7. The number of furan rings is 1. The zero-order valence-corrected chi connectivity index (χ0v) is 20.3. The number of amides is 1. The Balaban J connectivity index is 1.34. The van der Waals surface area contributed by atoms with Crippen molar-refractivity contribution in [3.8, 4) is 11.5 Å². The van der Waals surface area contributed by atoms with Crippen LogP contribution in [0.15, 0.2) is 94.2 Å². The smallest absolute Gasteiger partial charge is 0.291 e. The highest BCUT2D eigenvalue weighted by Crippen LogP contribution is 2.31. The van der Waals surface area contributed by atoms with Crippen molar-refractivity contribution >= 4 is 49.0 Å². The zero-order valence-electron chi connectivity index (χ0n) is 19.4. The Morgan fingerprint density at radius 2 is 1.61 bits per heavy atom. The molecule has 2 N–H and O–H groups in total. The van der Waals surface area contributed by atoms with Crippen molar-refractivity contribution in [1.82, 2.24) is 0 Å². The third-order valence-electron chi connectivity index (χ3n) is 5.72. The molecule has 0 aliphatic carbocycles. The van der Waals surface area contributed by atoms with Crippen LogP contribution in [0.4, 0.5) is 11.4 Å². The summed E-state index contributed by atoms with van der Waals surface area (Å²) >= 11 is 0. The molecule has 0 saturated carbocycles. The van der Waals surface area contributed by atoms with Gasteiger partial charge in [0, 0.05) is 17.1 Å². The van der Waals surface area contributed by atoms with Crippen LogP contribution >= 0.6 is 0 Å². The van der Waals surface area contributed by atoms with E-state index in [1.807, 2.05) is 36.4 Å². The molecule has 0 saturated heterocycles. The Morgan fingerprint density at radius 3 is 2.36 bits per heavy atom. The molecular formula is C27H22N2O6S. The first-order valence-electron chi connectivity index (χ1n) is 11.0. The van der Waals surface area contributed by atoms with Gasteiger partial charge >= 0.3 is 0 Å². The van der Waals surface area contributed by atoms with Gasteiger partial charge in [-0.2, -0.15) is 0 Å². The van der Waals surface area contributed by atoms with E-state index in [1.54, 1.807) is 18.2 Å². The van der Waals surface area contributed by atoms with E-state index in [0.717, 1.165) is 16.2 Å². The van der Waals surface area contributed by atoms with E-state index in [9.17, 15) is 13.2 Å². The lowest BCUT2D eigenvalue weighted by atomic mass is 10.1. The van der Waals surface area contributed by atoms with Crippen LogP contribution < -0.4 is 19.5 Å². The van der Waals surface area contributed by atoms with Crippen molar-refractivity contribution in [3.63, 3.8) is 0 Å². The van der Waals surface area contributed by atoms with E-state index in [2.05, 4.69) is 10.0 Å². The molecular weight excluding hydrogens is 480 g/mol. The summed E-state index contributed by atoms with van der Waals surface area (Å²) < 4.78 is 44.5. The second-order valence-corrected chi connectivity index (χ2v) is 9.64. The maximum atomic E-state index is 12.9. The first-order chi connectivity index (χ1) is 17.4. The highest BCUT2D eigenvalue weighted by Gasteiger charge is 2.18. The van der Waals surface area contributed by atoms with E-state index >= 15 is 0 Å². The molecule has 4 aromatic carbocycles. The van der Waals surface area contributed by atoms with Gasteiger partial charge in [0.2, 0.25) is 0 Å². The Labute approximate surface area is 207 Å². The Hall–Kier alpha value is -4.50. The molecule has 0 radical (unpaired) electrons. The summed E-state index contributed by atoms with van der Waals surface area (Å²) in [4.78, 5) is 12.8. The van der Waals surface area contributed by atoms with Crippen molar-refractivity contribution in [2.45, 2.75) is 4.90 Å². The number of methoxy groups -OCH3 is 2. The molecule has 0 aliphatic rings. The van der Waals surface area contributed by atoms with E-state index in [-0.39, 0.29) is 16.3 Å². The molecule has 5 rings (SSSR count). The molecule has 0 aliphatic heterocycles. The van der Waals surface area contributed by atoms with E-state index in [4.69, 9.17) is 13.9 Å². The third-order valence-corrected chi connectivity index (χ3v) is 7.10. The van der Waals surface area contributed by atoms with Crippen molar-refractivity contribution in [2.75, 3.05) is 24.3 Å². The SMILES string of the molecule is COc1ccc(OC)c(NS(=O)(=O)c2ccc(NC(=O)c3cc4c(ccc5ccccc54)o3)cc2)c1. The molecule has 1 aromatic heterocycles. The van der Waals surface area contributed by atoms with Gasteiger partial charge in [0.25, 0.3) is 15.9 Å². The number of hydrogen-bond acceptors (Lipinski definition) is 6. The number of ether oxygens (including phenoxy) is 2. The molecule has 0 atom stereocenters. The Kier molecular flexibility index (Phi) is 5.99. The predicted octanol–water partition coefficient (Wildman–Crippen LogP) is 5.66. The van der Waals surface area contributed by atoms with Crippen LogP contribution in [-0.2, 0) is 10.0 Å². The minimum atomic E-state index is -3.92. The first kappa shape index (κ1) is 23.3. The van der Waals surface area contributed by atoms with Gasteiger partial charge in [-0.3, -0.25) is 9.52 Å². The Morgan fingerprint density at radius 1 is 0.833 bits per heavy atom. The normalized spacial score (nSPS) is 11.4. The molecule has 0 spiro atoms. The summed E-state index contributed by atoms with van der Waals surface area (Å²) in [6.07, 6.45) is 0. The van der Waals surface area contributed by atoms with Crippen molar-refractivity contribution in [2.24, 2.45) is 0 Å². The second kappa shape index (κ2) is 9.27. The van der Waals surface area contributed by atoms with Crippen LogP contribution in [0.25, 0.3) is 21.7 Å². The molecule has 0 unspecified atom stereocenters. The monoisotopic (exact) mass is 502 g/mol. The fraction of sp³-hybridized carbons (Fsp3) is 0.0741. The summed E-state index contributed by atoms with van der Waals surface area (Å²) in [6, 6.07) is 24.0. The molecule has 8 nitrogen and oxygen atoms in total. The third kappa shape index (κ3) is 4.44. The van der Waals surface area contributed by atoms with Crippen LogP contribution in [0.5, 0.6) is 11.5 Å². The number of carbonyl (C=O) groups excluding carboxylic acids is 1. The quantitative estimate of drug-likeness (QED) is 0.298. The first-order valence-corrected chi connectivity index (χ1v) is 12.4. The highest BCUT2D eigenvalue weighted by molar-refractivity contribution is 7.92. The summed E-state index contributed by atoms with van der Waals surface area (Å²) in [5.74, 6) is 0.544. The van der Waals surface area contributed by atoms with Gasteiger partial charge in [-0.25, -0.2) is 8.42 Å². The molecule has 36 heavy (non-hydrogen) atoms. The maximum Gasteiger partial charge on any atom is 0.291 e. The minimum absolute atomic E-state index is 0.0144. The molecule has 1 heterocycles. The lowest BCUT2D eigenvalue weighted by molar-refractivity contribution is 0.0998.